The lowest BCUT2D eigenvalue weighted by Gasteiger charge is -2.26. The summed E-state index contributed by atoms with van der Waals surface area (Å²) in [4.78, 5) is 15.4. The number of aromatic nitrogens is 2. The Labute approximate surface area is 200 Å². The third-order valence-electron chi connectivity index (χ3n) is 6.03. The Hall–Kier alpha value is -2.56. The average Bonchev–Trinajstić information content (AvgIpc) is 3.51. The second kappa shape index (κ2) is 9.00. The van der Waals surface area contributed by atoms with Gasteiger partial charge in [-0.05, 0) is 54.7 Å². The molecule has 2 aliphatic rings. The first-order valence-electron chi connectivity index (χ1n) is 10.0. The molecule has 1 aliphatic heterocycles. The van der Waals surface area contributed by atoms with Crippen LogP contribution in [0, 0.1) is 5.82 Å². The third kappa shape index (κ3) is 4.22. The number of Topliss-reactive ketones (excluding diaryl/α,β-unsaturated/α-hetero) is 1. The summed E-state index contributed by atoms with van der Waals surface area (Å²) >= 11 is 7.21. The molecule has 33 heavy (non-hydrogen) atoms. The van der Waals surface area contributed by atoms with E-state index in [1.165, 1.54) is 23.7 Å². The Balaban J connectivity index is 0.00000259. The van der Waals surface area contributed by atoms with Crippen molar-refractivity contribution in [3.63, 3.8) is 0 Å². The first-order valence-corrected chi connectivity index (χ1v) is 12.8. The minimum Gasteiger partial charge on any atom is -0.361 e. The van der Waals surface area contributed by atoms with E-state index >= 15 is 0 Å². The van der Waals surface area contributed by atoms with E-state index in [9.17, 15) is 17.6 Å². The molecular formula is C22H22ClFN4O3S2. The molecule has 0 spiro atoms. The van der Waals surface area contributed by atoms with Crippen molar-refractivity contribution in [1.29, 1.82) is 0 Å². The number of halogens is 2. The van der Waals surface area contributed by atoms with Crippen LogP contribution in [0.2, 0.25) is 5.02 Å². The van der Waals surface area contributed by atoms with E-state index in [-0.39, 0.29) is 40.2 Å². The van der Waals surface area contributed by atoms with Crippen LogP contribution < -0.4 is 9.62 Å². The van der Waals surface area contributed by atoms with E-state index in [1.807, 2.05) is 4.90 Å². The van der Waals surface area contributed by atoms with E-state index < -0.39 is 15.8 Å². The molecule has 0 amide bonds. The van der Waals surface area contributed by atoms with Crippen molar-refractivity contribution in [3.8, 4) is 0 Å². The van der Waals surface area contributed by atoms with Gasteiger partial charge >= 0.3 is 0 Å². The van der Waals surface area contributed by atoms with Crippen molar-refractivity contribution < 1.29 is 17.6 Å². The van der Waals surface area contributed by atoms with Gasteiger partial charge in [-0.2, -0.15) is 0 Å². The first-order chi connectivity index (χ1) is 15.3. The maximum atomic E-state index is 13.8. The molecule has 2 heterocycles. The molecule has 1 aliphatic carbocycles. The lowest BCUT2D eigenvalue weighted by Crippen LogP contribution is -2.38. The molecule has 2 atom stereocenters. The zero-order valence-electron chi connectivity index (χ0n) is 16.7. The van der Waals surface area contributed by atoms with Gasteiger partial charge in [0.05, 0.1) is 16.0 Å². The summed E-state index contributed by atoms with van der Waals surface area (Å²) in [5.41, 5.74) is 3.79. The van der Waals surface area contributed by atoms with Crippen LogP contribution in [0.15, 0.2) is 46.8 Å². The molecule has 5 rings (SSSR count). The number of carbonyl (C=O) groups excluding carboxylic acids is 1. The van der Waals surface area contributed by atoms with E-state index in [0.29, 0.717) is 25.8 Å². The van der Waals surface area contributed by atoms with Crippen LogP contribution in [-0.2, 0) is 21.2 Å². The Morgan fingerprint density at radius 2 is 1.91 bits per heavy atom. The van der Waals surface area contributed by atoms with Crippen molar-refractivity contribution >= 4 is 49.6 Å². The maximum Gasteiger partial charge on any atom is 0.263 e. The van der Waals surface area contributed by atoms with Crippen molar-refractivity contribution in [2.75, 3.05) is 16.2 Å². The monoisotopic (exact) mass is 508 g/mol. The summed E-state index contributed by atoms with van der Waals surface area (Å²) in [7, 11) is -3.78. The van der Waals surface area contributed by atoms with Gasteiger partial charge in [0.15, 0.2) is 5.78 Å². The van der Waals surface area contributed by atoms with Gasteiger partial charge in [0.1, 0.15) is 11.3 Å². The zero-order valence-corrected chi connectivity index (χ0v) is 19.1. The molecule has 1 N–H and O–H groups in total. The number of ketones is 1. The number of carbonyl (C=O) groups is 1. The molecule has 1 unspecified atom stereocenters. The van der Waals surface area contributed by atoms with Gasteiger partial charge in [-0.3, -0.25) is 9.52 Å². The van der Waals surface area contributed by atoms with Crippen molar-refractivity contribution in [2.45, 2.75) is 43.5 Å². The minimum atomic E-state index is -3.78. The predicted octanol–water partition coefficient (Wildman–Crippen LogP) is 4.65. The second-order valence-corrected chi connectivity index (χ2v) is 10.7. The van der Waals surface area contributed by atoms with Gasteiger partial charge in [-0.1, -0.05) is 42.5 Å². The largest absolute Gasteiger partial charge is 0.361 e. The summed E-state index contributed by atoms with van der Waals surface area (Å²) in [5.74, 6) is -0.674. The van der Waals surface area contributed by atoms with Crippen LogP contribution in [0.3, 0.4) is 0 Å². The van der Waals surface area contributed by atoms with E-state index in [2.05, 4.69) is 14.9 Å². The van der Waals surface area contributed by atoms with Gasteiger partial charge < -0.3 is 4.90 Å². The van der Waals surface area contributed by atoms with E-state index in [0.717, 1.165) is 28.2 Å². The highest BCUT2D eigenvalue weighted by Gasteiger charge is 2.41. The summed E-state index contributed by atoms with van der Waals surface area (Å²) in [6.45, 7) is 0.621. The van der Waals surface area contributed by atoms with Gasteiger partial charge in [-0.25, -0.2) is 12.8 Å². The Bertz CT molecular complexity index is 1280. The fourth-order valence-corrected chi connectivity index (χ4v) is 6.47. The molecule has 1 fully saturated rings. The maximum absolute atomic E-state index is 13.8. The standard InChI is InChI=1S/C21H18ClFN4O3S2.CH4/c22-19-15-9-10-27(17(15)8-6-16(19)23)18-7-5-14(20(18)28)12-1-3-13(4-2-12)32(29,30)26-21-25-24-11-31-21;/h1-4,6,8,11,14,18H,5,7,9-10H2,(H,25,26);1H4/t14?,18-;/m0./s1. The summed E-state index contributed by atoms with van der Waals surface area (Å²) in [6.07, 6.45) is 1.95. The molecule has 1 aromatic heterocycles. The van der Waals surface area contributed by atoms with Crippen LogP contribution in [0.25, 0.3) is 0 Å². The molecule has 3 aromatic rings. The number of rotatable bonds is 5. The van der Waals surface area contributed by atoms with Crippen LogP contribution in [0.5, 0.6) is 0 Å². The van der Waals surface area contributed by atoms with Gasteiger partial charge in [0.2, 0.25) is 5.13 Å². The highest BCUT2D eigenvalue weighted by atomic mass is 35.5. The number of sulfonamides is 1. The van der Waals surface area contributed by atoms with Crippen LogP contribution in [-0.4, -0.2) is 37.0 Å². The molecule has 174 valence electrons. The quantitative estimate of drug-likeness (QED) is 0.539. The highest BCUT2D eigenvalue weighted by Crippen LogP contribution is 2.41. The van der Waals surface area contributed by atoms with Crippen LogP contribution in [0.4, 0.5) is 15.2 Å². The van der Waals surface area contributed by atoms with Crippen LogP contribution in [0.1, 0.15) is 37.3 Å². The van der Waals surface area contributed by atoms with Crippen LogP contribution >= 0.6 is 22.9 Å². The number of hydrogen-bond donors (Lipinski definition) is 1. The molecule has 0 radical (unpaired) electrons. The number of benzene rings is 2. The Morgan fingerprint density at radius 3 is 2.61 bits per heavy atom. The first kappa shape index (κ1) is 23.6. The molecule has 1 saturated carbocycles. The fourth-order valence-electron chi connectivity index (χ4n) is 4.52. The van der Waals surface area contributed by atoms with Gasteiger partial charge in [0.25, 0.3) is 10.0 Å². The van der Waals surface area contributed by atoms with Crippen molar-refractivity contribution in [3.05, 3.63) is 63.9 Å². The topological polar surface area (TPSA) is 92.3 Å². The minimum absolute atomic E-state index is 0. The average molecular weight is 509 g/mol. The SMILES string of the molecule is C.O=C1C(c2ccc(S(=O)(=O)Nc3nncs3)cc2)CC[C@@H]1N1CCc2c1ccc(F)c2Cl. The third-order valence-corrected chi connectivity index (χ3v) is 8.53. The van der Waals surface area contributed by atoms with E-state index in [1.54, 1.807) is 18.2 Å². The van der Waals surface area contributed by atoms with Gasteiger partial charge in [0, 0.05) is 18.2 Å². The molecule has 11 heteroatoms. The number of hydrogen-bond acceptors (Lipinski definition) is 7. The molecule has 7 nitrogen and oxygen atoms in total. The Kier molecular flexibility index (Phi) is 6.43. The number of fused-ring (bicyclic) bond motifs is 1. The summed E-state index contributed by atoms with van der Waals surface area (Å²) in [5, 5.41) is 7.62. The molecule has 0 saturated heterocycles. The zero-order chi connectivity index (χ0) is 22.5. The number of nitrogens with one attached hydrogen (secondary N) is 1. The smallest absolute Gasteiger partial charge is 0.263 e. The lowest BCUT2D eigenvalue weighted by molar-refractivity contribution is -0.119. The summed E-state index contributed by atoms with van der Waals surface area (Å²) < 4.78 is 41.2. The van der Waals surface area contributed by atoms with Gasteiger partial charge in [-0.15, -0.1) is 10.2 Å². The van der Waals surface area contributed by atoms with Crippen molar-refractivity contribution in [2.24, 2.45) is 0 Å². The molecular weight excluding hydrogens is 487 g/mol. The highest BCUT2D eigenvalue weighted by molar-refractivity contribution is 7.93. The summed E-state index contributed by atoms with van der Waals surface area (Å²) in [6, 6.07) is 9.08. The number of anilines is 2. The Morgan fingerprint density at radius 1 is 1.15 bits per heavy atom. The molecule has 0 bridgehead atoms. The second-order valence-electron chi connectivity index (χ2n) is 7.77. The fraction of sp³-hybridized carbons (Fsp3) is 0.318. The normalized spacial score (nSPS) is 19.9. The number of nitrogens with zero attached hydrogens (tertiary/aromatic N) is 3. The molecule has 2 aromatic carbocycles. The van der Waals surface area contributed by atoms with Crippen molar-refractivity contribution in [1.82, 2.24) is 10.2 Å². The lowest BCUT2D eigenvalue weighted by atomic mass is 9.96. The van der Waals surface area contributed by atoms with E-state index in [4.69, 9.17) is 11.6 Å². The predicted molar refractivity (Wildman–Crippen MR) is 127 cm³/mol.